The molecule has 0 saturated heterocycles. The van der Waals surface area contributed by atoms with Crippen molar-refractivity contribution in [3.8, 4) is 28.6 Å². The molecule has 1 aromatic heterocycles. The molecular weight excluding hydrogens is 390 g/mol. The molecule has 154 valence electrons. The molecule has 0 fully saturated rings. The van der Waals surface area contributed by atoms with Crippen LogP contribution < -0.4 is 14.8 Å². The number of aromatic nitrogens is 2. The summed E-state index contributed by atoms with van der Waals surface area (Å²) in [6.07, 6.45) is 1.44. The lowest BCUT2D eigenvalue weighted by Crippen LogP contribution is -2.12. The number of rotatable bonds is 6. The molecule has 0 radical (unpaired) electrons. The summed E-state index contributed by atoms with van der Waals surface area (Å²) in [7, 11) is 1.59. The van der Waals surface area contributed by atoms with Crippen molar-refractivity contribution in [1.82, 2.24) is 9.97 Å². The van der Waals surface area contributed by atoms with Crippen LogP contribution in [0.3, 0.4) is 0 Å². The van der Waals surface area contributed by atoms with Crippen LogP contribution in [0.4, 0.5) is 5.69 Å². The maximum Gasteiger partial charge on any atom is 0.255 e. The summed E-state index contributed by atoms with van der Waals surface area (Å²) in [5.41, 5.74) is 3.90. The Balaban J connectivity index is 1.51. The van der Waals surface area contributed by atoms with Gasteiger partial charge in [-0.2, -0.15) is 0 Å². The van der Waals surface area contributed by atoms with Gasteiger partial charge < -0.3 is 14.8 Å². The Morgan fingerprint density at radius 2 is 1.58 bits per heavy atom. The highest BCUT2D eigenvalue weighted by molar-refractivity contribution is 6.04. The zero-order valence-corrected chi connectivity index (χ0v) is 17.2. The van der Waals surface area contributed by atoms with Gasteiger partial charge >= 0.3 is 0 Å². The largest absolute Gasteiger partial charge is 0.493 e. The van der Waals surface area contributed by atoms with Crippen molar-refractivity contribution in [2.45, 2.75) is 6.92 Å². The summed E-state index contributed by atoms with van der Waals surface area (Å²) < 4.78 is 11.2. The van der Waals surface area contributed by atoms with E-state index in [1.54, 1.807) is 25.3 Å². The number of benzene rings is 3. The van der Waals surface area contributed by atoms with Gasteiger partial charge in [0.1, 0.15) is 6.33 Å². The summed E-state index contributed by atoms with van der Waals surface area (Å²) in [6.45, 7) is 1.96. The topological polar surface area (TPSA) is 73.3 Å². The van der Waals surface area contributed by atoms with Gasteiger partial charge in [-0.1, -0.05) is 42.5 Å². The summed E-state index contributed by atoms with van der Waals surface area (Å²) in [4.78, 5) is 21.1. The van der Waals surface area contributed by atoms with Gasteiger partial charge in [0.05, 0.1) is 12.8 Å². The normalized spacial score (nSPS) is 10.4. The zero-order chi connectivity index (χ0) is 21.6. The lowest BCUT2D eigenvalue weighted by Gasteiger charge is -2.10. The number of nitrogens with one attached hydrogen (secondary N) is 1. The van der Waals surface area contributed by atoms with Crippen molar-refractivity contribution < 1.29 is 14.3 Å². The van der Waals surface area contributed by atoms with E-state index in [0.29, 0.717) is 28.6 Å². The van der Waals surface area contributed by atoms with E-state index in [9.17, 15) is 4.79 Å². The first kappa shape index (κ1) is 20.1. The molecule has 0 aliphatic heterocycles. The van der Waals surface area contributed by atoms with E-state index in [-0.39, 0.29) is 5.91 Å². The first-order valence-corrected chi connectivity index (χ1v) is 9.74. The Labute approximate surface area is 180 Å². The molecule has 0 aliphatic rings. The lowest BCUT2D eigenvalue weighted by molar-refractivity contribution is 0.102. The average molecular weight is 411 g/mol. The molecule has 4 aromatic rings. The molecule has 0 spiro atoms. The zero-order valence-electron chi connectivity index (χ0n) is 17.2. The van der Waals surface area contributed by atoms with Crippen LogP contribution in [0.2, 0.25) is 0 Å². The summed E-state index contributed by atoms with van der Waals surface area (Å²) in [5.74, 6) is 1.42. The van der Waals surface area contributed by atoms with Crippen LogP contribution in [0.1, 0.15) is 15.9 Å². The number of methoxy groups -OCH3 is 1. The molecular formula is C25H21N3O3. The van der Waals surface area contributed by atoms with Crippen molar-refractivity contribution in [1.29, 1.82) is 0 Å². The van der Waals surface area contributed by atoms with E-state index in [4.69, 9.17) is 9.47 Å². The van der Waals surface area contributed by atoms with Gasteiger partial charge in [-0.3, -0.25) is 4.79 Å². The number of carbonyl (C=O) groups excluding carboxylic acids is 1. The predicted molar refractivity (Wildman–Crippen MR) is 120 cm³/mol. The standard InChI is InChI=1S/C25H21N3O3/c1-17-7-3-4-8-20(17)28-25(29)19-13-11-18(12-14-19)21-15-24(27-16-26-21)31-23-10-6-5-9-22(23)30-2/h3-16H,1-2H3,(H,28,29). The number of hydrogen-bond acceptors (Lipinski definition) is 5. The van der Waals surface area contributed by atoms with Crippen LogP contribution in [-0.4, -0.2) is 23.0 Å². The number of amides is 1. The van der Waals surface area contributed by atoms with E-state index in [2.05, 4.69) is 15.3 Å². The second-order valence-corrected chi connectivity index (χ2v) is 6.84. The highest BCUT2D eigenvalue weighted by Crippen LogP contribution is 2.31. The fourth-order valence-electron chi connectivity index (χ4n) is 3.07. The van der Waals surface area contributed by atoms with Gasteiger partial charge in [0.2, 0.25) is 5.88 Å². The molecule has 1 N–H and O–H groups in total. The molecule has 6 heteroatoms. The smallest absolute Gasteiger partial charge is 0.255 e. The van der Waals surface area contributed by atoms with Crippen LogP contribution >= 0.6 is 0 Å². The Morgan fingerprint density at radius 3 is 2.32 bits per heavy atom. The molecule has 1 amide bonds. The van der Waals surface area contributed by atoms with Gasteiger partial charge in [0.15, 0.2) is 11.5 Å². The van der Waals surface area contributed by atoms with Gasteiger partial charge in [0, 0.05) is 22.9 Å². The van der Waals surface area contributed by atoms with Crippen molar-refractivity contribution in [2.75, 3.05) is 12.4 Å². The molecule has 0 aliphatic carbocycles. The van der Waals surface area contributed by atoms with Crippen LogP contribution in [0.25, 0.3) is 11.3 Å². The van der Waals surface area contributed by atoms with Gasteiger partial charge in [0.25, 0.3) is 5.91 Å². The minimum atomic E-state index is -0.163. The van der Waals surface area contributed by atoms with Crippen LogP contribution in [0.5, 0.6) is 17.4 Å². The average Bonchev–Trinajstić information content (AvgIpc) is 2.81. The van der Waals surface area contributed by atoms with Crippen molar-refractivity contribution >= 4 is 11.6 Å². The minimum Gasteiger partial charge on any atom is -0.493 e. The molecule has 4 rings (SSSR count). The van der Waals surface area contributed by atoms with E-state index in [1.807, 2.05) is 67.6 Å². The lowest BCUT2D eigenvalue weighted by atomic mass is 10.1. The number of anilines is 1. The highest BCUT2D eigenvalue weighted by atomic mass is 16.5. The summed E-state index contributed by atoms with van der Waals surface area (Å²) >= 11 is 0. The number of carbonyl (C=O) groups is 1. The van der Waals surface area contributed by atoms with E-state index < -0.39 is 0 Å². The monoisotopic (exact) mass is 411 g/mol. The number of nitrogens with zero attached hydrogens (tertiary/aromatic N) is 2. The quantitative estimate of drug-likeness (QED) is 0.453. The second-order valence-electron chi connectivity index (χ2n) is 6.84. The molecule has 6 nitrogen and oxygen atoms in total. The fourth-order valence-corrected chi connectivity index (χ4v) is 3.07. The fraction of sp³-hybridized carbons (Fsp3) is 0.0800. The van der Waals surface area contributed by atoms with Gasteiger partial charge in [-0.05, 0) is 42.8 Å². The molecule has 3 aromatic carbocycles. The Kier molecular flexibility index (Phi) is 5.89. The van der Waals surface area contributed by atoms with Gasteiger partial charge in [-0.15, -0.1) is 0 Å². The molecule has 0 saturated carbocycles. The molecule has 0 unspecified atom stereocenters. The van der Waals surface area contributed by atoms with Crippen molar-refractivity contribution in [3.05, 3.63) is 96.3 Å². The SMILES string of the molecule is COc1ccccc1Oc1cc(-c2ccc(C(=O)Nc3ccccc3C)cc2)ncn1. The number of ether oxygens (including phenoxy) is 2. The maximum atomic E-state index is 12.6. The second kappa shape index (κ2) is 9.09. The predicted octanol–water partition coefficient (Wildman–Crippen LogP) is 5.51. The third kappa shape index (κ3) is 4.70. The first-order valence-electron chi connectivity index (χ1n) is 9.74. The summed E-state index contributed by atoms with van der Waals surface area (Å²) in [6, 6.07) is 24.0. The molecule has 31 heavy (non-hydrogen) atoms. The number of aryl methyl sites for hydroxylation is 1. The van der Waals surface area contributed by atoms with Crippen molar-refractivity contribution in [2.24, 2.45) is 0 Å². The van der Waals surface area contributed by atoms with E-state index >= 15 is 0 Å². The van der Waals surface area contributed by atoms with E-state index in [1.165, 1.54) is 6.33 Å². The highest BCUT2D eigenvalue weighted by Gasteiger charge is 2.10. The third-order valence-corrected chi connectivity index (χ3v) is 4.76. The van der Waals surface area contributed by atoms with Gasteiger partial charge in [-0.25, -0.2) is 9.97 Å². The molecule has 1 heterocycles. The Bertz CT molecular complexity index is 1210. The van der Waals surface area contributed by atoms with Crippen LogP contribution in [-0.2, 0) is 0 Å². The maximum absolute atomic E-state index is 12.6. The Hall–Kier alpha value is -4.19. The van der Waals surface area contributed by atoms with E-state index in [0.717, 1.165) is 16.8 Å². The first-order chi connectivity index (χ1) is 15.1. The minimum absolute atomic E-state index is 0.163. The summed E-state index contributed by atoms with van der Waals surface area (Å²) in [5, 5.41) is 2.94. The van der Waals surface area contributed by atoms with Crippen molar-refractivity contribution in [3.63, 3.8) is 0 Å². The Morgan fingerprint density at radius 1 is 0.871 bits per heavy atom. The molecule has 0 bridgehead atoms. The third-order valence-electron chi connectivity index (χ3n) is 4.76. The van der Waals surface area contributed by atoms with Crippen LogP contribution in [0.15, 0.2) is 85.2 Å². The number of hydrogen-bond donors (Lipinski definition) is 1. The number of para-hydroxylation sites is 3. The molecule has 0 atom stereocenters. The van der Waals surface area contributed by atoms with Crippen LogP contribution in [0, 0.1) is 6.92 Å².